The Morgan fingerprint density at radius 1 is 0.833 bits per heavy atom. The van der Waals surface area contributed by atoms with Gasteiger partial charge in [-0.1, -0.05) is 69.6 Å². The highest BCUT2D eigenvalue weighted by Crippen LogP contribution is 2.45. The molecule has 0 atom stereocenters. The lowest BCUT2D eigenvalue weighted by Crippen LogP contribution is -2.25. The van der Waals surface area contributed by atoms with Gasteiger partial charge in [0.1, 0.15) is 13.2 Å². The van der Waals surface area contributed by atoms with Crippen molar-refractivity contribution in [3.8, 4) is 0 Å². The molecule has 0 nitrogen and oxygen atoms in total. The van der Waals surface area contributed by atoms with Gasteiger partial charge in [0.05, 0.1) is 0 Å². The summed E-state index contributed by atoms with van der Waals surface area (Å²) in [6, 6.07) is 0. The quantitative estimate of drug-likeness (QED) is 0.623. The minimum absolute atomic E-state index is 0.116. The lowest BCUT2D eigenvalue weighted by molar-refractivity contribution is 0.883. The second-order valence-corrected chi connectivity index (χ2v) is 6.77. The monoisotopic (exact) mass is 288 g/mol. The summed E-state index contributed by atoms with van der Waals surface area (Å²) >= 11 is 34.0. The number of hydrogen-bond donors (Lipinski definition) is 0. The molecular weight excluding hydrogens is 285 g/mol. The van der Waals surface area contributed by atoms with E-state index in [1.165, 1.54) is 13.8 Å². The van der Waals surface area contributed by atoms with Crippen LogP contribution in [0.15, 0.2) is 10.1 Å². The van der Waals surface area contributed by atoms with Crippen LogP contribution >= 0.6 is 69.6 Å². The van der Waals surface area contributed by atoms with E-state index in [-0.39, 0.29) is 10.1 Å². The fraction of sp³-hybridized carbons (Fsp3) is 0.667. The smallest absolute Gasteiger partial charge is 0.0968 e. The molecule has 0 aromatic carbocycles. The van der Waals surface area contributed by atoms with Gasteiger partial charge < -0.3 is 0 Å². The van der Waals surface area contributed by atoms with E-state index >= 15 is 0 Å². The Labute approximate surface area is 102 Å². The maximum absolute atomic E-state index is 5.75. The first-order valence-corrected chi connectivity index (χ1v) is 5.15. The lowest BCUT2D eigenvalue weighted by Gasteiger charge is -2.26. The van der Waals surface area contributed by atoms with Crippen molar-refractivity contribution in [1.82, 2.24) is 0 Å². The molecule has 0 radical (unpaired) electrons. The van der Waals surface area contributed by atoms with Crippen LogP contribution in [-0.4, -0.2) is 8.67 Å². The van der Waals surface area contributed by atoms with Crippen molar-refractivity contribution in [2.24, 2.45) is 0 Å². The van der Waals surface area contributed by atoms with Gasteiger partial charge >= 0.3 is 0 Å². The van der Waals surface area contributed by atoms with Crippen LogP contribution in [0.4, 0.5) is 0 Å². The third-order valence-corrected chi connectivity index (χ3v) is 2.20. The van der Waals surface area contributed by atoms with Gasteiger partial charge in [-0.15, -0.1) is 0 Å². The molecule has 0 bridgehead atoms. The molecule has 12 heavy (non-hydrogen) atoms. The van der Waals surface area contributed by atoms with Crippen LogP contribution in [0.2, 0.25) is 0 Å². The van der Waals surface area contributed by atoms with Gasteiger partial charge in [-0.2, -0.15) is 0 Å². The maximum Gasteiger partial charge on any atom is 0.141 e. The molecule has 0 aliphatic carbocycles. The van der Waals surface area contributed by atoms with E-state index in [9.17, 15) is 0 Å². The van der Waals surface area contributed by atoms with Gasteiger partial charge in [0.2, 0.25) is 0 Å². The normalized spacial score (nSPS) is 13.0. The number of rotatable bonds is 2. The van der Waals surface area contributed by atoms with E-state index in [2.05, 4.69) is 0 Å². The van der Waals surface area contributed by atoms with Gasteiger partial charge in [-0.3, -0.25) is 0 Å². The summed E-state index contributed by atoms with van der Waals surface area (Å²) in [4.78, 5) is 0. The molecule has 0 aliphatic heterocycles. The predicted molar refractivity (Wildman–Crippen MR) is 59.0 cm³/mol. The molecule has 0 aromatic rings. The Bertz CT molecular complexity index is 173. The first kappa shape index (κ1) is 13.5. The Morgan fingerprint density at radius 2 is 1.08 bits per heavy atom. The van der Waals surface area contributed by atoms with Crippen LogP contribution in [0.1, 0.15) is 13.8 Å². The van der Waals surface area contributed by atoms with E-state index in [4.69, 9.17) is 69.6 Å². The summed E-state index contributed by atoms with van der Waals surface area (Å²) in [6.45, 7) is 2.97. The molecule has 0 rings (SSSR count). The van der Waals surface area contributed by atoms with Crippen molar-refractivity contribution in [2.75, 3.05) is 0 Å². The van der Waals surface area contributed by atoms with E-state index in [1.54, 1.807) is 0 Å². The summed E-state index contributed by atoms with van der Waals surface area (Å²) in [7, 11) is 0. The van der Waals surface area contributed by atoms with E-state index in [0.717, 1.165) is 0 Å². The van der Waals surface area contributed by atoms with Gasteiger partial charge in [-0.05, 0) is 13.8 Å². The molecule has 6 heteroatoms. The van der Waals surface area contributed by atoms with E-state index in [0.29, 0.717) is 0 Å². The number of halogens is 6. The zero-order valence-electron chi connectivity index (χ0n) is 6.27. The van der Waals surface area contributed by atoms with Crippen LogP contribution in [0, 0.1) is 0 Å². The standard InChI is InChI=1S/C6H6Cl6/c1-5(9,10)3(4(7)8)6(2,11)12/h1-2H3. The van der Waals surface area contributed by atoms with Crippen LogP contribution in [-0.2, 0) is 0 Å². The summed E-state index contributed by atoms with van der Waals surface area (Å²) in [5.74, 6) is 0. The Kier molecular flexibility index (Phi) is 4.87. The molecule has 0 aliphatic rings. The first-order chi connectivity index (χ1) is 5.07. The van der Waals surface area contributed by atoms with Gasteiger partial charge in [0.15, 0.2) is 0 Å². The van der Waals surface area contributed by atoms with Crippen LogP contribution in [0.25, 0.3) is 0 Å². The minimum atomic E-state index is -1.28. The summed E-state index contributed by atoms with van der Waals surface area (Å²) in [5.41, 5.74) is 0.171. The highest BCUT2D eigenvalue weighted by molar-refractivity contribution is 6.62. The fourth-order valence-electron chi connectivity index (χ4n) is 0.717. The molecule has 0 spiro atoms. The first-order valence-electron chi connectivity index (χ1n) is 2.88. The predicted octanol–water partition coefficient (Wildman–Crippen LogP) is 5.06. The van der Waals surface area contributed by atoms with Crippen molar-refractivity contribution in [3.63, 3.8) is 0 Å². The van der Waals surface area contributed by atoms with Gasteiger partial charge in [-0.25, -0.2) is 0 Å². The zero-order valence-corrected chi connectivity index (χ0v) is 10.8. The number of hydrogen-bond acceptors (Lipinski definition) is 0. The molecule has 0 saturated heterocycles. The van der Waals surface area contributed by atoms with Crippen LogP contribution in [0.5, 0.6) is 0 Å². The van der Waals surface area contributed by atoms with E-state index in [1.807, 2.05) is 0 Å². The Balaban J connectivity index is 5.13. The molecule has 0 N–H and O–H groups in total. The Hall–Kier alpha value is 1.48. The van der Waals surface area contributed by atoms with Crippen LogP contribution < -0.4 is 0 Å². The van der Waals surface area contributed by atoms with E-state index < -0.39 is 8.67 Å². The minimum Gasteiger partial charge on any atom is -0.0968 e. The molecule has 0 unspecified atom stereocenters. The fourth-order valence-corrected chi connectivity index (χ4v) is 3.19. The van der Waals surface area contributed by atoms with Crippen molar-refractivity contribution in [3.05, 3.63) is 10.1 Å². The summed E-state index contributed by atoms with van der Waals surface area (Å²) < 4.78 is -2.68. The highest BCUT2D eigenvalue weighted by atomic mass is 35.5. The maximum atomic E-state index is 5.75. The van der Waals surface area contributed by atoms with Gasteiger partial charge in [0, 0.05) is 5.57 Å². The molecule has 0 heterocycles. The highest BCUT2D eigenvalue weighted by Gasteiger charge is 2.38. The summed E-state index contributed by atoms with van der Waals surface area (Å²) in [6.07, 6.45) is 0. The van der Waals surface area contributed by atoms with Crippen molar-refractivity contribution < 1.29 is 0 Å². The second kappa shape index (κ2) is 4.33. The zero-order chi connectivity index (χ0) is 10.2. The number of allylic oxidation sites excluding steroid dienone is 1. The van der Waals surface area contributed by atoms with Crippen molar-refractivity contribution in [2.45, 2.75) is 22.5 Å². The Morgan fingerprint density at radius 3 is 1.08 bits per heavy atom. The summed E-state index contributed by atoms with van der Waals surface area (Å²) in [5, 5.41) is 0. The topological polar surface area (TPSA) is 0 Å². The lowest BCUT2D eigenvalue weighted by atomic mass is 10.1. The third-order valence-electron chi connectivity index (χ3n) is 1.07. The molecule has 72 valence electrons. The SMILES string of the molecule is CC(Cl)(Cl)C(=C(Cl)Cl)C(C)(Cl)Cl. The molecule has 0 aromatic heterocycles. The largest absolute Gasteiger partial charge is 0.141 e. The average Bonchev–Trinajstić information content (AvgIpc) is 1.49. The molecule has 0 fully saturated rings. The molecule has 0 amide bonds. The average molecular weight is 291 g/mol. The number of alkyl halides is 4. The van der Waals surface area contributed by atoms with Crippen LogP contribution in [0.3, 0.4) is 0 Å². The second-order valence-electron chi connectivity index (χ2n) is 2.41. The molecule has 0 saturated carbocycles. The van der Waals surface area contributed by atoms with Crippen molar-refractivity contribution >= 4 is 69.6 Å². The molecular formula is C6H6Cl6. The van der Waals surface area contributed by atoms with Gasteiger partial charge in [0.25, 0.3) is 0 Å². The third kappa shape index (κ3) is 4.13. The van der Waals surface area contributed by atoms with Crippen molar-refractivity contribution in [1.29, 1.82) is 0 Å².